The van der Waals surface area contributed by atoms with Gasteiger partial charge in [0.1, 0.15) is 0 Å². The van der Waals surface area contributed by atoms with Crippen LogP contribution in [0.3, 0.4) is 0 Å². The van der Waals surface area contributed by atoms with Gasteiger partial charge < -0.3 is 15.1 Å². The summed E-state index contributed by atoms with van der Waals surface area (Å²) in [4.78, 5) is 17.3. The van der Waals surface area contributed by atoms with E-state index >= 15 is 0 Å². The lowest BCUT2D eigenvalue weighted by Gasteiger charge is -2.39. The second kappa shape index (κ2) is 8.70. The van der Waals surface area contributed by atoms with Gasteiger partial charge in [0, 0.05) is 38.3 Å². The van der Waals surface area contributed by atoms with Crippen molar-refractivity contribution in [2.45, 2.75) is 45.1 Å². The fourth-order valence-electron chi connectivity index (χ4n) is 4.30. The molecule has 3 unspecified atom stereocenters. The Balaban J connectivity index is 1.54. The van der Waals surface area contributed by atoms with E-state index in [0.717, 1.165) is 39.0 Å². The number of piperidine rings is 2. The zero-order valence-electron chi connectivity index (χ0n) is 15.8. The zero-order chi connectivity index (χ0) is 17.6. The lowest BCUT2D eigenvalue weighted by atomic mass is 9.85. The van der Waals surface area contributed by atoms with Gasteiger partial charge in [0.2, 0.25) is 5.91 Å². The molecule has 3 rings (SSSR count). The van der Waals surface area contributed by atoms with E-state index in [-0.39, 0.29) is 0 Å². The molecule has 3 atom stereocenters. The monoisotopic (exact) mass is 343 g/mol. The maximum atomic E-state index is 12.8. The molecule has 1 aromatic carbocycles. The van der Waals surface area contributed by atoms with Crippen LogP contribution in [-0.4, -0.2) is 50.1 Å². The number of hydrogen-bond acceptors (Lipinski definition) is 3. The van der Waals surface area contributed by atoms with Gasteiger partial charge in [-0.05, 0) is 62.7 Å². The lowest BCUT2D eigenvalue weighted by Crippen LogP contribution is -2.49. The summed E-state index contributed by atoms with van der Waals surface area (Å²) < 4.78 is 0. The molecule has 0 aliphatic carbocycles. The first-order valence-corrected chi connectivity index (χ1v) is 9.91. The molecule has 4 nitrogen and oxygen atoms in total. The van der Waals surface area contributed by atoms with Crippen molar-refractivity contribution in [2.24, 2.45) is 11.8 Å². The van der Waals surface area contributed by atoms with Crippen molar-refractivity contribution in [1.29, 1.82) is 0 Å². The fraction of sp³-hybridized carbons (Fsp3) is 0.667. The molecule has 138 valence electrons. The van der Waals surface area contributed by atoms with Crippen LogP contribution in [0.1, 0.15) is 39.0 Å². The molecule has 1 aromatic rings. The van der Waals surface area contributed by atoms with E-state index in [1.54, 1.807) is 0 Å². The van der Waals surface area contributed by atoms with Crippen molar-refractivity contribution in [3.63, 3.8) is 0 Å². The molecule has 1 amide bonds. The highest BCUT2D eigenvalue weighted by Crippen LogP contribution is 2.25. The van der Waals surface area contributed by atoms with Gasteiger partial charge in [0.25, 0.3) is 0 Å². The molecule has 0 aromatic heterocycles. The Morgan fingerprint density at radius 1 is 1.28 bits per heavy atom. The van der Waals surface area contributed by atoms with E-state index in [0.29, 0.717) is 30.2 Å². The number of nitrogens with zero attached hydrogens (tertiary/aromatic N) is 2. The number of benzene rings is 1. The van der Waals surface area contributed by atoms with Crippen molar-refractivity contribution in [1.82, 2.24) is 10.2 Å². The van der Waals surface area contributed by atoms with Crippen LogP contribution in [0.2, 0.25) is 0 Å². The summed E-state index contributed by atoms with van der Waals surface area (Å²) in [5, 5.41) is 3.47. The Bertz CT molecular complexity index is 541. The van der Waals surface area contributed by atoms with Crippen molar-refractivity contribution in [3.8, 4) is 0 Å². The van der Waals surface area contributed by atoms with E-state index in [4.69, 9.17) is 0 Å². The molecule has 2 heterocycles. The maximum absolute atomic E-state index is 12.8. The van der Waals surface area contributed by atoms with Gasteiger partial charge in [-0.1, -0.05) is 25.1 Å². The Morgan fingerprint density at radius 2 is 2.08 bits per heavy atom. The Kier molecular flexibility index (Phi) is 6.35. The molecule has 0 radical (unpaired) electrons. The molecular weight excluding hydrogens is 310 g/mol. The molecule has 0 saturated carbocycles. The van der Waals surface area contributed by atoms with E-state index in [1.807, 2.05) is 11.9 Å². The first-order chi connectivity index (χ1) is 12.1. The fourth-order valence-corrected chi connectivity index (χ4v) is 4.30. The minimum Gasteiger partial charge on any atom is -0.369 e. The summed E-state index contributed by atoms with van der Waals surface area (Å²) in [7, 11) is 2.01. The van der Waals surface area contributed by atoms with Gasteiger partial charge in [-0.15, -0.1) is 0 Å². The lowest BCUT2D eigenvalue weighted by molar-refractivity contribution is -0.133. The number of nitrogens with one attached hydrogen (secondary N) is 1. The third kappa shape index (κ3) is 4.75. The van der Waals surface area contributed by atoms with Gasteiger partial charge in [-0.3, -0.25) is 4.79 Å². The van der Waals surface area contributed by atoms with E-state index < -0.39 is 0 Å². The van der Waals surface area contributed by atoms with Gasteiger partial charge in [-0.25, -0.2) is 0 Å². The van der Waals surface area contributed by atoms with E-state index in [1.165, 1.54) is 18.5 Å². The molecule has 0 spiro atoms. The average Bonchev–Trinajstić information content (AvgIpc) is 2.68. The zero-order valence-corrected chi connectivity index (χ0v) is 15.8. The number of carbonyl (C=O) groups is 1. The summed E-state index contributed by atoms with van der Waals surface area (Å²) >= 11 is 0. The first kappa shape index (κ1) is 18.2. The van der Waals surface area contributed by atoms with Crippen molar-refractivity contribution < 1.29 is 4.79 Å². The highest BCUT2D eigenvalue weighted by molar-refractivity contribution is 5.76. The van der Waals surface area contributed by atoms with Crippen LogP contribution in [0, 0.1) is 11.8 Å². The SMILES string of the molecule is CC(CC(=O)N(C)C1CCCN(c2ccccc2)C1)C1CCCNC1. The molecule has 25 heavy (non-hydrogen) atoms. The minimum atomic E-state index is 0.318. The van der Waals surface area contributed by atoms with Gasteiger partial charge >= 0.3 is 0 Å². The smallest absolute Gasteiger partial charge is 0.222 e. The topological polar surface area (TPSA) is 35.6 Å². The summed E-state index contributed by atoms with van der Waals surface area (Å²) in [6.07, 6.45) is 5.46. The second-order valence-electron chi connectivity index (χ2n) is 7.87. The number of hydrogen-bond donors (Lipinski definition) is 1. The van der Waals surface area contributed by atoms with Crippen molar-refractivity contribution >= 4 is 11.6 Å². The summed E-state index contributed by atoms with van der Waals surface area (Å²) in [5.74, 6) is 1.44. The highest BCUT2D eigenvalue weighted by atomic mass is 16.2. The summed E-state index contributed by atoms with van der Waals surface area (Å²) in [6.45, 7) is 6.50. The first-order valence-electron chi connectivity index (χ1n) is 9.91. The van der Waals surface area contributed by atoms with Crippen LogP contribution in [0.25, 0.3) is 0 Å². The predicted molar refractivity (Wildman–Crippen MR) is 104 cm³/mol. The van der Waals surface area contributed by atoms with Gasteiger partial charge in [-0.2, -0.15) is 0 Å². The van der Waals surface area contributed by atoms with Crippen molar-refractivity contribution in [2.75, 3.05) is 38.1 Å². The third-order valence-electron chi connectivity index (χ3n) is 6.10. The molecule has 2 aliphatic rings. The number of likely N-dealkylation sites (N-methyl/N-ethyl adjacent to an activating group) is 1. The van der Waals surface area contributed by atoms with Crippen LogP contribution in [0.15, 0.2) is 30.3 Å². The number of carbonyl (C=O) groups excluding carboxylic acids is 1. The van der Waals surface area contributed by atoms with Crippen LogP contribution in [0.4, 0.5) is 5.69 Å². The third-order valence-corrected chi connectivity index (χ3v) is 6.10. The molecule has 2 saturated heterocycles. The molecule has 0 bridgehead atoms. The van der Waals surface area contributed by atoms with E-state index in [9.17, 15) is 4.79 Å². The van der Waals surface area contributed by atoms with Crippen LogP contribution >= 0.6 is 0 Å². The largest absolute Gasteiger partial charge is 0.369 e. The summed E-state index contributed by atoms with van der Waals surface area (Å²) in [6, 6.07) is 10.9. The highest BCUT2D eigenvalue weighted by Gasteiger charge is 2.29. The van der Waals surface area contributed by atoms with E-state index in [2.05, 4.69) is 47.5 Å². The summed E-state index contributed by atoms with van der Waals surface area (Å²) in [5.41, 5.74) is 1.27. The molecule has 2 aliphatic heterocycles. The molecular formula is C21H33N3O. The predicted octanol–water partition coefficient (Wildman–Crippen LogP) is 3.14. The quantitative estimate of drug-likeness (QED) is 0.892. The van der Waals surface area contributed by atoms with Crippen LogP contribution in [0.5, 0.6) is 0 Å². The molecule has 2 fully saturated rings. The Labute approximate surface area is 152 Å². The van der Waals surface area contributed by atoms with Gasteiger partial charge in [0.15, 0.2) is 0 Å². The minimum absolute atomic E-state index is 0.318. The standard InChI is InChI=1S/C21H33N3O/c1-17(18-8-6-12-22-15-18)14-21(25)23(2)20-11-7-13-24(16-20)19-9-4-3-5-10-19/h3-5,9-10,17-18,20,22H,6-8,11-16H2,1-2H3. The molecule has 4 heteroatoms. The second-order valence-corrected chi connectivity index (χ2v) is 7.87. The Morgan fingerprint density at radius 3 is 2.80 bits per heavy atom. The maximum Gasteiger partial charge on any atom is 0.222 e. The Hall–Kier alpha value is -1.55. The number of para-hydroxylation sites is 1. The average molecular weight is 344 g/mol. The molecule has 1 N–H and O–H groups in total. The van der Waals surface area contributed by atoms with Crippen molar-refractivity contribution in [3.05, 3.63) is 30.3 Å². The number of anilines is 1. The van der Waals surface area contributed by atoms with Crippen LogP contribution in [-0.2, 0) is 4.79 Å². The number of rotatable bonds is 5. The number of amides is 1. The van der Waals surface area contributed by atoms with Crippen LogP contribution < -0.4 is 10.2 Å². The normalized spacial score (nSPS) is 25.4. The van der Waals surface area contributed by atoms with Gasteiger partial charge in [0.05, 0.1) is 0 Å².